The van der Waals surface area contributed by atoms with E-state index in [-0.39, 0.29) is 36.6 Å². The van der Waals surface area contributed by atoms with Gasteiger partial charge in [0.2, 0.25) is 11.8 Å². The summed E-state index contributed by atoms with van der Waals surface area (Å²) in [5.41, 5.74) is 6.46. The third-order valence-corrected chi connectivity index (χ3v) is 8.72. The van der Waals surface area contributed by atoms with E-state index in [1.807, 2.05) is 30.3 Å². The van der Waals surface area contributed by atoms with Gasteiger partial charge < -0.3 is 25.6 Å². The van der Waals surface area contributed by atoms with Crippen molar-refractivity contribution >= 4 is 68.2 Å². The van der Waals surface area contributed by atoms with E-state index in [1.165, 1.54) is 4.90 Å². The largest absolute Gasteiger partial charge is 0.496 e. The molecule has 0 aromatic heterocycles. The van der Waals surface area contributed by atoms with Gasteiger partial charge in [-0.1, -0.05) is 52.3 Å². The molecule has 11 heteroatoms. The number of likely N-dealkylation sites (N-methyl/N-ethyl adjacent to an activating group) is 1. The highest BCUT2D eigenvalue weighted by molar-refractivity contribution is 9.10. The zero-order chi connectivity index (χ0) is 30.9. The summed E-state index contributed by atoms with van der Waals surface area (Å²) in [7, 11) is 3.13. The Morgan fingerprint density at radius 3 is 2.43 bits per heavy atom. The molecule has 4 aromatic rings. The van der Waals surface area contributed by atoms with Crippen LogP contribution in [0.1, 0.15) is 28.4 Å². The van der Waals surface area contributed by atoms with Crippen molar-refractivity contribution in [2.75, 3.05) is 30.5 Å². The Hall–Kier alpha value is -4.43. The molecule has 0 radical (unpaired) electrons. The van der Waals surface area contributed by atoms with E-state index in [4.69, 9.17) is 10.5 Å². The molecular weight excluding hydrogens is 646 g/mol. The maximum Gasteiger partial charge on any atom is 0.259 e. The van der Waals surface area contributed by atoms with Gasteiger partial charge in [-0.15, -0.1) is 12.4 Å². The van der Waals surface area contributed by atoms with Crippen molar-refractivity contribution in [3.8, 4) is 11.8 Å². The molecule has 1 aliphatic heterocycles. The number of nitriles is 1. The Bertz CT molecular complexity index is 1810. The number of anilines is 2. The number of para-hydroxylation sites is 2. The van der Waals surface area contributed by atoms with E-state index in [2.05, 4.69) is 27.3 Å². The highest BCUT2D eigenvalue weighted by Gasteiger charge is 2.49. The highest BCUT2D eigenvalue weighted by Crippen LogP contribution is 2.40. The van der Waals surface area contributed by atoms with Crippen LogP contribution in [0.5, 0.6) is 5.75 Å². The van der Waals surface area contributed by atoms with Crippen LogP contribution >= 0.6 is 28.3 Å². The quantitative estimate of drug-likeness (QED) is 0.278. The minimum absolute atomic E-state index is 0. The number of benzene rings is 4. The van der Waals surface area contributed by atoms with Crippen molar-refractivity contribution in [1.29, 1.82) is 5.26 Å². The van der Waals surface area contributed by atoms with Crippen molar-refractivity contribution in [2.24, 2.45) is 11.7 Å². The third-order valence-electron chi connectivity index (χ3n) is 8.23. The van der Waals surface area contributed by atoms with Gasteiger partial charge in [0.15, 0.2) is 0 Å². The summed E-state index contributed by atoms with van der Waals surface area (Å²) in [6.07, 6.45) is 0. The number of fused-ring (bicyclic) bond motifs is 2. The minimum atomic E-state index is -1.52. The van der Waals surface area contributed by atoms with Gasteiger partial charge >= 0.3 is 0 Å². The molecule has 0 spiro atoms. The molecule has 0 fully saturated rings. The maximum atomic E-state index is 14.7. The summed E-state index contributed by atoms with van der Waals surface area (Å²) in [5.74, 6) is -2.11. The number of primary amides is 1. The summed E-state index contributed by atoms with van der Waals surface area (Å²) >= 11 is 3.53. The summed E-state index contributed by atoms with van der Waals surface area (Å²) in [4.78, 5) is 44.8. The Morgan fingerprint density at radius 2 is 1.77 bits per heavy atom. The molecule has 1 aliphatic rings. The second-order valence-corrected chi connectivity index (χ2v) is 11.4. The number of nitrogens with one attached hydrogen (secondary N) is 1. The number of carbonyl (C=O) groups excluding carboxylic acids is 3. The third kappa shape index (κ3) is 5.62. The van der Waals surface area contributed by atoms with Crippen molar-refractivity contribution in [3.63, 3.8) is 0 Å². The number of ether oxygens (including phenoxy) is 1. The van der Waals surface area contributed by atoms with Crippen LogP contribution in [-0.2, 0) is 16.1 Å². The fourth-order valence-electron chi connectivity index (χ4n) is 5.61. The summed E-state index contributed by atoms with van der Waals surface area (Å²) in [6.45, 7) is 1.49. The van der Waals surface area contributed by atoms with Gasteiger partial charge in [0.05, 0.1) is 48.1 Å². The molecule has 0 aliphatic carbocycles. The average molecular weight is 677 g/mol. The van der Waals surface area contributed by atoms with Gasteiger partial charge in [-0.25, -0.2) is 0 Å². The van der Waals surface area contributed by atoms with E-state index >= 15 is 0 Å². The molecule has 9 nitrogen and oxygen atoms in total. The SMILES string of the molecule is CNC(C)(C(N)=O)[C@@H]1CN(C(=O)c2ccccc2C#N)c2ccccc2N(Cc2c(OC)ccc3cc(Br)ccc23)C1=O.Cl. The first-order chi connectivity index (χ1) is 20.6. The van der Waals surface area contributed by atoms with E-state index in [0.717, 1.165) is 20.8 Å². The smallest absolute Gasteiger partial charge is 0.259 e. The van der Waals surface area contributed by atoms with Crippen LogP contribution in [0.2, 0.25) is 0 Å². The molecule has 44 heavy (non-hydrogen) atoms. The molecule has 2 atom stereocenters. The van der Waals surface area contributed by atoms with E-state index in [9.17, 15) is 19.6 Å². The van der Waals surface area contributed by atoms with Crippen molar-refractivity contribution in [2.45, 2.75) is 19.0 Å². The van der Waals surface area contributed by atoms with Gasteiger partial charge in [-0.2, -0.15) is 5.26 Å². The van der Waals surface area contributed by atoms with Gasteiger partial charge in [-0.05, 0) is 67.2 Å². The first-order valence-corrected chi connectivity index (χ1v) is 14.4. The van der Waals surface area contributed by atoms with Crippen molar-refractivity contribution < 1.29 is 19.1 Å². The molecule has 226 valence electrons. The van der Waals surface area contributed by atoms with Crippen LogP contribution in [-0.4, -0.2) is 44.0 Å². The Labute approximate surface area is 270 Å². The number of carbonyl (C=O) groups is 3. The van der Waals surface area contributed by atoms with Gasteiger partial charge in [0, 0.05) is 16.6 Å². The summed E-state index contributed by atoms with van der Waals surface area (Å²) < 4.78 is 6.65. The number of hydrogen-bond donors (Lipinski definition) is 2. The fraction of sp³-hybridized carbons (Fsp3) is 0.212. The molecular formula is C33H31BrClN5O4. The molecule has 1 unspecified atom stereocenters. The molecule has 0 saturated heterocycles. The van der Waals surface area contributed by atoms with E-state index in [1.54, 1.807) is 74.5 Å². The normalized spacial score (nSPS) is 15.8. The average Bonchev–Trinajstić information content (AvgIpc) is 3.14. The number of hydrogen-bond acceptors (Lipinski definition) is 6. The molecule has 4 aromatic carbocycles. The Balaban J connectivity index is 0.00000442. The zero-order valence-corrected chi connectivity index (χ0v) is 26.7. The molecule has 3 N–H and O–H groups in total. The van der Waals surface area contributed by atoms with E-state index in [0.29, 0.717) is 17.1 Å². The molecule has 3 amide bonds. The minimum Gasteiger partial charge on any atom is -0.496 e. The van der Waals surface area contributed by atoms with Crippen LogP contribution in [0.3, 0.4) is 0 Å². The Kier molecular flexibility index (Phi) is 9.64. The lowest BCUT2D eigenvalue weighted by Gasteiger charge is -2.36. The summed E-state index contributed by atoms with van der Waals surface area (Å²) in [5, 5.41) is 14.5. The number of halogens is 2. The predicted molar refractivity (Wildman–Crippen MR) is 176 cm³/mol. The van der Waals surface area contributed by atoms with Gasteiger partial charge in [0.1, 0.15) is 11.3 Å². The van der Waals surface area contributed by atoms with Gasteiger partial charge in [0.25, 0.3) is 5.91 Å². The standard InChI is InChI=1S/C33H30BrN5O4.ClH/c1-33(37-2,32(36)42)26-19-39(30(40)24-9-5-4-8-21(24)17-35)28-11-7-6-10-27(28)38(31(26)41)18-25-23-14-13-22(34)16-20(23)12-15-29(25)43-3;/h4-16,26,37H,18-19H2,1-3H3,(H2,36,42);1H/t26-,33?;/m1./s1. The lowest BCUT2D eigenvalue weighted by molar-refractivity contribution is -0.133. The number of rotatable bonds is 7. The fourth-order valence-corrected chi connectivity index (χ4v) is 5.99. The number of nitrogens with two attached hydrogens (primary N) is 1. The second kappa shape index (κ2) is 13.1. The van der Waals surface area contributed by atoms with Crippen LogP contribution in [0.25, 0.3) is 10.8 Å². The molecule has 1 heterocycles. The van der Waals surface area contributed by atoms with Crippen LogP contribution in [0, 0.1) is 17.2 Å². The van der Waals surface area contributed by atoms with E-state index < -0.39 is 29.2 Å². The van der Waals surface area contributed by atoms with Crippen molar-refractivity contribution in [1.82, 2.24) is 5.32 Å². The number of amides is 3. The maximum absolute atomic E-state index is 14.7. The molecule has 0 saturated carbocycles. The highest BCUT2D eigenvalue weighted by atomic mass is 79.9. The molecule has 0 bridgehead atoms. The second-order valence-electron chi connectivity index (χ2n) is 10.5. The van der Waals surface area contributed by atoms with Crippen LogP contribution in [0.15, 0.2) is 83.3 Å². The van der Waals surface area contributed by atoms with Gasteiger partial charge in [-0.3, -0.25) is 14.4 Å². The first kappa shape index (κ1) is 32.5. The zero-order valence-electron chi connectivity index (χ0n) is 24.3. The predicted octanol–water partition coefficient (Wildman–Crippen LogP) is 5.18. The van der Waals surface area contributed by atoms with Crippen molar-refractivity contribution in [3.05, 3.63) is 100 Å². The lowest BCUT2D eigenvalue weighted by Crippen LogP contribution is -2.63. The van der Waals surface area contributed by atoms with Crippen LogP contribution < -0.4 is 25.6 Å². The monoisotopic (exact) mass is 675 g/mol. The topological polar surface area (TPSA) is 129 Å². The Morgan fingerprint density at radius 1 is 1.09 bits per heavy atom. The first-order valence-electron chi connectivity index (χ1n) is 13.6. The number of methoxy groups -OCH3 is 1. The summed E-state index contributed by atoms with van der Waals surface area (Å²) in [6, 6.07) is 25.3. The van der Waals surface area contributed by atoms with Crippen LogP contribution in [0.4, 0.5) is 11.4 Å². The number of nitrogens with zero attached hydrogens (tertiary/aromatic N) is 3. The lowest BCUT2D eigenvalue weighted by atomic mass is 9.83. The molecule has 5 rings (SSSR count).